The highest BCUT2D eigenvalue weighted by Crippen LogP contribution is 2.34. The minimum absolute atomic E-state index is 0.00464. The number of ether oxygens (including phenoxy) is 1. The number of benzene rings is 2. The van der Waals surface area contributed by atoms with Crippen molar-refractivity contribution in [2.24, 2.45) is 5.92 Å². The number of fused-ring (bicyclic) bond motifs is 1. The van der Waals surface area contributed by atoms with Crippen molar-refractivity contribution in [2.45, 2.75) is 38.9 Å². The molecule has 0 bridgehead atoms. The zero-order chi connectivity index (χ0) is 29.6. The van der Waals surface area contributed by atoms with Crippen LogP contribution in [0.4, 0.5) is 23.7 Å². The largest absolute Gasteiger partial charge is 0.457 e. The van der Waals surface area contributed by atoms with Crippen LogP contribution in [0.5, 0.6) is 11.5 Å². The number of hydrogen-bond acceptors (Lipinski definition) is 5. The van der Waals surface area contributed by atoms with Crippen molar-refractivity contribution in [3.8, 4) is 11.5 Å². The molecule has 0 fully saturated rings. The summed E-state index contributed by atoms with van der Waals surface area (Å²) in [6.07, 6.45) is -1.63. The van der Waals surface area contributed by atoms with Gasteiger partial charge in [0.25, 0.3) is 5.91 Å². The standard InChI is InChI=1S/C29H30F3N5O4/c1-3-34-28(40)36-16-17-10-21(29(30,31)32)14-22(11-17)37-26(38)19-5-4-18-6-7-23(13-20(18)12-19)41-24-8-9-35-25(15-24)27(39)33-2/h6-11,13-15,19H,3-5,12,16H2,1-2H3,(H,33,39)(H,37,38)(H2,34,36,40). The van der Waals surface area contributed by atoms with Crippen LogP contribution in [-0.2, 0) is 30.4 Å². The van der Waals surface area contributed by atoms with Crippen LogP contribution < -0.4 is 26.0 Å². The first-order valence-electron chi connectivity index (χ1n) is 13.1. The van der Waals surface area contributed by atoms with Gasteiger partial charge in [0.15, 0.2) is 0 Å². The van der Waals surface area contributed by atoms with Gasteiger partial charge in [-0.25, -0.2) is 4.79 Å². The fourth-order valence-electron chi connectivity index (χ4n) is 4.56. The molecule has 0 aliphatic heterocycles. The van der Waals surface area contributed by atoms with E-state index in [1.807, 2.05) is 12.1 Å². The van der Waals surface area contributed by atoms with E-state index in [1.165, 1.54) is 25.4 Å². The zero-order valence-electron chi connectivity index (χ0n) is 22.5. The van der Waals surface area contributed by atoms with E-state index in [4.69, 9.17) is 4.74 Å². The highest BCUT2D eigenvalue weighted by atomic mass is 19.4. The van der Waals surface area contributed by atoms with Crippen molar-refractivity contribution in [3.05, 3.63) is 82.7 Å². The fourth-order valence-corrected chi connectivity index (χ4v) is 4.56. The molecule has 1 aliphatic rings. The van der Waals surface area contributed by atoms with Gasteiger partial charge in [0.05, 0.1) is 5.56 Å². The summed E-state index contributed by atoms with van der Waals surface area (Å²) in [6, 6.07) is 11.4. The van der Waals surface area contributed by atoms with Crippen LogP contribution in [0.3, 0.4) is 0 Å². The van der Waals surface area contributed by atoms with Crippen LogP contribution >= 0.6 is 0 Å². The minimum Gasteiger partial charge on any atom is -0.457 e. The predicted octanol–water partition coefficient (Wildman–Crippen LogP) is 4.82. The SMILES string of the molecule is CCNC(=O)NCc1cc(NC(=O)C2CCc3ccc(Oc4ccnc(C(=O)NC)c4)cc3C2)cc(C(F)(F)F)c1. The van der Waals surface area contributed by atoms with Gasteiger partial charge in [-0.15, -0.1) is 0 Å². The molecule has 1 heterocycles. The van der Waals surface area contributed by atoms with Gasteiger partial charge in [-0.05, 0) is 79.3 Å². The number of rotatable bonds is 8. The Morgan fingerprint density at radius 2 is 1.78 bits per heavy atom. The van der Waals surface area contributed by atoms with Gasteiger partial charge in [0, 0.05) is 44.0 Å². The molecule has 41 heavy (non-hydrogen) atoms. The van der Waals surface area contributed by atoms with E-state index in [1.54, 1.807) is 19.1 Å². The van der Waals surface area contributed by atoms with Gasteiger partial charge >= 0.3 is 12.2 Å². The maximum atomic E-state index is 13.6. The minimum atomic E-state index is -4.63. The molecular formula is C29H30F3N5O4. The number of aryl methyl sites for hydroxylation is 1. The van der Waals surface area contributed by atoms with Crippen molar-refractivity contribution in [1.82, 2.24) is 20.9 Å². The lowest BCUT2D eigenvalue weighted by Crippen LogP contribution is -2.34. The Bertz CT molecular complexity index is 1440. The lowest BCUT2D eigenvalue weighted by molar-refractivity contribution is -0.137. The number of carbonyl (C=O) groups is 3. The molecule has 4 rings (SSSR count). The molecule has 0 saturated carbocycles. The summed E-state index contributed by atoms with van der Waals surface area (Å²) >= 11 is 0. The molecule has 1 aliphatic carbocycles. The maximum absolute atomic E-state index is 13.6. The average molecular weight is 570 g/mol. The summed E-state index contributed by atoms with van der Waals surface area (Å²) in [5.41, 5.74) is 1.44. The molecule has 216 valence electrons. The van der Waals surface area contributed by atoms with Crippen LogP contribution in [0.2, 0.25) is 0 Å². The summed E-state index contributed by atoms with van der Waals surface area (Å²) in [5, 5.41) is 10.2. The molecular weight excluding hydrogens is 539 g/mol. The molecule has 1 aromatic heterocycles. The highest BCUT2D eigenvalue weighted by Gasteiger charge is 2.32. The number of amides is 4. The number of nitrogens with one attached hydrogen (secondary N) is 4. The predicted molar refractivity (Wildman–Crippen MR) is 146 cm³/mol. The maximum Gasteiger partial charge on any atom is 0.416 e. The molecule has 0 spiro atoms. The Kier molecular flexibility index (Phi) is 9.10. The van der Waals surface area contributed by atoms with E-state index >= 15 is 0 Å². The summed E-state index contributed by atoms with van der Waals surface area (Å²) in [6.45, 7) is 1.95. The lowest BCUT2D eigenvalue weighted by atomic mass is 9.83. The number of urea groups is 1. The van der Waals surface area contributed by atoms with Gasteiger partial charge in [-0.2, -0.15) is 13.2 Å². The Hall–Kier alpha value is -4.61. The van der Waals surface area contributed by atoms with Gasteiger partial charge in [0.1, 0.15) is 17.2 Å². The number of hydrogen-bond donors (Lipinski definition) is 4. The van der Waals surface area contributed by atoms with Crippen LogP contribution in [0.25, 0.3) is 0 Å². The van der Waals surface area contributed by atoms with Crippen molar-refractivity contribution in [2.75, 3.05) is 18.9 Å². The van der Waals surface area contributed by atoms with E-state index in [0.29, 0.717) is 37.3 Å². The third kappa shape index (κ3) is 7.74. The van der Waals surface area contributed by atoms with Crippen molar-refractivity contribution < 1.29 is 32.3 Å². The summed E-state index contributed by atoms with van der Waals surface area (Å²) in [5.74, 6) is -0.272. The molecule has 2 aromatic carbocycles. The first-order chi connectivity index (χ1) is 19.5. The molecule has 1 unspecified atom stereocenters. The monoisotopic (exact) mass is 569 g/mol. The fraction of sp³-hybridized carbons (Fsp3) is 0.310. The molecule has 9 nitrogen and oxygen atoms in total. The molecule has 1 atom stereocenters. The van der Waals surface area contributed by atoms with Crippen LogP contribution in [0.15, 0.2) is 54.7 Å². The number of alkyl halides is 3. The van der Waals surface area contributed by atoms with E-state index < -0.39 is 29.6 Å². The first-order valence-corrected chi connectivity index (χ1v) is 13.1. The van der Waals surface area contributed by atoms with Crippen LogP contribution in [-0.4, -0.2) is 36.4 Å². The van der Waals surface area contributed by atoms with Crippen molar-refractivity contribution >= 4 is 23.5 Å². The second-order valence-electron chi connectivity index (χ2n) is 9.55. The smallest absolute Gasteiger partial charge is 0.416 e. The molecule has 0 radical (unpaired) electrons. The lowest BCUT2D eigenvalue weighted by Gasteiger charge is -2.25. The molecule has 12 heteroatoms. The number of anilines is 1. The molecule has 4 amide bonds. The summed E-state index contributed by atoms with van der Waals surface area (Å²) < 4.78 is 46.6. The first kappa shape index (κ1) is 29.4. The van der Waals surface area contributed by atoms with E-state index in [2.05, 4.69) is 26.3 Å². The third-order valence-corrected chi connectivity index (χ3v) is 6.58. The normalized spacial score (nSPS) is 14.4. The third-order valence-electron chi connectivity index (χ3n) is 6.58. The second-order valence-corrected chi connectivity index (χ2v) is 9.55. The van der Waals surface area contributed by atoms with E-state index in [-0.39, 0.29) is 29.4 Å². The van der Waals surface area contributed by atoms with E-state index in [9.17, 15) is 27.6 Å². The quantitative estimate of drug-likeness (QED) is 0.310. The van der Waals surface area contributed by atoms with Gasteiger partial charge in [-0.1, -0.05) is 6.07 Å². The Morgan fingerprint density at radius 3 is 2.51 bits per heavy atom. The number of carbonyl (C=O) groups excluding carboxylic acids is 3. The Morgan fingerprint density at radius 1 is 1.00 bits per heavy atom. The highest BCUT2D eigenvalue weighted by molar-refractivity contribution is 5.93. The number of nitrogens with zero attached hydrogens (tertiary/aromatic N) is 1. The summed E-state index contributed by atoms with van der Waals surface area (Å²) in [7, 11) is 1.51. The van der Waals surface area contributed by atoms with Crippen LogP contribution in [0.1, 0.15) is 46.1 Å². The number of pyridine rings is 1. The topological polar surface area (TPSA) is 121 Å². The Labute approximate surface area is 234 Å². The van der Waals surface area contributed by atoms with Crippen molar-refractivity contribution in [1.29, 1.82) is 0 Å². The second kappa shape index (κ2) is 12.7. The number of halogens is 3. The van der Waals surface area contributed by atoms with Crippen molar-refractivity contribution in [3.63, 3.8) is 0 Å². The Balaban J connectivity index is 1.47. The van der Waals surface area contributed by atoms with Gasteiger partial charge in [-0.3, -0.25) is 14.6 Å². The molecule has 3 aromatic rings. The van der Waals surface area contributed by atoms with Gasteiger partial charge < -0.3 is 26.0 Å². The van der Waals surface area contributed by atoms with Gasteiger partial charge in [0.2, 0.25) is 5.91 Å². The zero-order valence-corrected chi connectivity index (χ0v) is 22.5. The summed E-state index contributed by atoms with van der Waals surface area (Å²) in [4.78, 5) is 40.7. The molecule has 4 N–H and O–H groups in total. The average Bonchev–Trinajstić information content (AvgIpc) is 2.95. The number of aromatic nitrogens is 1. The van der Waals surface area contributed by atoms with Crippen LogP contribution in [0, 0.1) is 5.92 Å². The van der Waals surface area contributed by atoms with E-state index in [0.717, 1.165) is 23.3 Å². The molecule has 0 saturated heterocycles.